The molecule has 0 aliphatic rings. The fourth-order valence-corrected chi connectivity index (χ4v) is 2.75. The Morgan fingerprint density at radius 3 is 2.03 bits per heavy atom. The van der Waals surface area contributed by atoms with E-state index in [1.807, 2.05) is 38.1 Å². The average Bonchev–Trinajstić information content (AvgIpc) is 2.77. The smallest absolute Gasteiger partial charge is 0.352 e. The molecule has 1 atom stereocenters. The molecule has 0 bridgehead atoms. The number of carbonyl (C=O) groups is 2. The largest absolute Gasteiger partial charge is 0.494 e. The summed E-state index contributed by atoms with van der Waals surface area (Å²) in [6.07, 6.45) is -0.803. The molecule has 3 aromatic rings. The van der Waals surface area contributed by atoms with Crippen LogP contribution in [0.25, 0.3) is 0 Å². The summed E-state index contributed by atoms with van der Waals surface area (Å²) in [7, 11) is 0. The fourth-order valence-electron chi connectivity index (χ4n) is 2.75. The maximum atomic E-state index is 12.4. The summed E-state index contributed by atoms with van der Waals surface area (Å²) in [6, 6.07) is 20.9. The molecule has 0 saturated carbocycles. The minimum absolute atomic E-state index is 0.242. The van der Waals surface area contributed by atoms with Gasteiger partial charge in [0.15, 0.2) is 6.10 Å². The molecule has 160 valence electrons. The summed E-state index contributed by atoms with van der Waals surface area (Å²) in [5.74, 6) is 0.825. The summed E-state index contributed by atoms with van der Waals surface area (Å²) < 4.78 is 16.4. The van der Waals surface area contributed by atoms with Gasteiger partial charge in [0.25, 0.3) is 5.91 Å². The second-order valence-corrected chi connectivity index (χ2v) is 6.93. The predicted molar refractivity (Wildman–Crippen MR) is 119 cm³/mol. The van der Waals surface area contributed by atoms with Crippen molar-refractivity contribution in [3.8, 4) is 17.2 Å². The molecule has 0 aromatic heterocycles. The van der Waals surface area contributed by atoms with Crippen molar-refractivity contribution in [1.29, 1.82) is 0 Å². The Morgan fingerprint density at radius 1 is 0.839 bits per heavy atom. The Bertz CT molecular complexity index is 1010. The van der Waals surface area contributed by atoms with E-state index in [4.69, 9.17) is 14.2 Å². The third-order valence-corrected chi connectivity index (χ3v) is 4.42. The first-order chi connectivity index (χ1) is 14.9. The van der Waals surface area contributed by atoms with E-state index < -0.39 is 12.1 Å². The highest BCUT2D eigenvalue weighted by atomic mass is 16.6. The topological polar surface area (TPSA) is 73.9 Å². The molecule has 0 fully saturated rings. The van der Waals surface area contributed by atoms with Gasteiger partial charge in [-0.1, -0.05) is 17.7 Å². The standard InChI is InChI=1S/C25H25NO5/c1-4-29-21-13-15-22(16-14-21)30-18(3)25(28)31-23-11-7-19(8-12-23)24(27)26-20-9-5-17(2)6-10-20/h5-16,18H,4H2,1-3H3,(H,26,27). The van der Waals surface area contributed by atoms with Gasteiger partial charge in [0.05, 0.1) is 6.61 Å². The lowest BCUT2D eigenvalue weighted by atomic mass is 10.2. The van der Waals surface area contributed by atoms with Gasteiger partial charge in [0, 0.05) is 11.3 Å². The molecule has 3 aromatic carbocycles. The van der Waals surface area contributed by atoms with Crippen LogP contribution in [0.5, 0.6) is 17.2 Å². The quantitative estimate of drug-likeness (QED) is 0.410. The van der Waals surface area contributed by atoms with Crippen LogP contribution in [0.3, 0.4) is 0 Å². The van der Waals surface area contributed by atoms with E-state index in [0.717, 1.165) is 11.3 Å². The summed E-state index contributed by atoms with van der Waals surface area (Å²) in [4.78, 5) is 24.7. The van der Waals surface area contributed by atoms with Crippen LogP contribution in [0.4, 0.5) is 5.69 Å². The number of esters is 1. The van der Waals surface area contributed by atoms with Gasteiger partial charge in [-0.25, -0.2) is 4.79 Å². The van der Waals surface area contributed by atoms with Gasteiger partial charge < -0.3 is 19.5 Å². The summed E-state index contributed by atoms with van der Waals surface area (Å²) in [6.45, 7) is 6.08. The highest BCUT2D eigenvalue weighted by molar-refractivity contribution is 6.04. The van der Waals surface area contributed by atoms with E-state index in [1.54, 1.807) is 55.5 Å². The molecule has 0 heterocycles. The lowest BCUT2D eigenvalue weighted by Gasteiger charge is -2.14. The molecular formula is C25H25NO5. The van der Waals surface area contributed by atoms with E-state index in [1.165, 1.54) is 0 Å². The number of carbonyl (C=O) groups excluding carboxylic acids is 2. The maximum Gasteiger partial charge on any atom is 0.352 e. The van der Waals surface area contributed by atoms with Gasteiger partial charge >= 0.3 is 5.97 Å². The normalized spacial score (nSPS) is 11.3. The van der Waals surface area contributed by atoms with Crippen molar-refractivity contribution >= 4 is 17.6 Å². The molecule has 6 nitrogen and oxygen atoms in total. The zero-order valence-corrected chi connectivity index (χ0v) is 17.8. The van der Waals surface area contributed by atoms with E-state index >= 15 is 0 Å². The van der Waals surface area contributed by atoms with Gasteiger partial charge in [-0.2, -0.15) is 0 Å². The molecule has 0 spiro atoms. The molecular weight excluding hydrogens is 394 g/mol. The Balaban J connectivity index is 1.53. The van der Waals surface area contributed by atoms with Gasteiger partial charge in [-0.3, -0.25) is 4.79 Å². The lowest BCUT2D eigenvalue weighted by Crippen LogP contribution is -2.28. The number of benzene rings is 3. The molecule has 1 unspecified atom stereocenters. The molecule has 0 aliphatic heterocycles. The number of amides is 1. The molecule has 6 heteroatoms. The second kappa shape index (κ2) is 10.3. The highest BCUT2D eigenvalue weighted by Gasteiger charge is 2.18. The van der Waals surface area contributed by atoms with Crippen LogP contribution in [0.1, 0.15) is 29.8 Å². The fraction of sp³-hybridized carbons (Fsp3) is 0.200. The second-order valence-electron chi connectivity index (χ2n) is 6.93. The van der Waals surface area contributed by atoms with E-state index in [-0.39, 0.29) is 5.91 Å². The number of anilines is 1. The predicted octanol–water partition coefficient (Wildman–Crippen LogP) is 5.02. The van der Waals surface area contributed by atoms with Crippen LogP contribution in [0.15, 0.2) is 72.8 Å². The van der Waals surface area contributed by atoms with Crippen LogP contribution < -0.4 is 19.5 Å². The first-order valence-corrected chi connectivity index (χ1v) is 10.0. The minimum atomic E-state index is -0.803. The number of hydrogen-bond donors (Lipinski definition) is 1. The third kappa shape index (κ3) is 6.34. The number of aryl methyl sites for hydroxylation is 1. The first kappa shape index (κ1) is 21.9. The Hall–Kier alpha value is -3.80. The molecule has 1 N–H and O–H groups in total. The molecule has 1 amide bonds. The molecule has 0 aliphatic carbocycles. The molecule has 0 saturated heterocycles. The van der Waals surface area contributed by atoms with Crippen LogP contribution in [-0.2, 0) is 4.79 Å². The lowest BCUT2D eigenvalue weighted by molar-refractivity contribution is -0.141. The summed E-state index contributed by atoms with van der Waals surface area (Å²) in [5.41, 5.74) is 2.29. The van der Waals surface area contributed by atoms with Gasteiger partial charge in [0.2, 0.25) is 0 Å². The molecule has 31 heavy (non-hydrogen) atoms. The Labute approximate surface area is 181 Å². The van der Waals surface area contributed by atoms with Crippen LogP contribution in [0.2, 0.25) is 0 Å². The van der Waals surface area contributed by atoms with Crippen molar-refractivity contribution in [3.63, 3.8) is 0 Å². The average molecular weight is 419 g/mol. The first-order valence-electron chi connectivity index (χ1n) is 10.0. The third-order valence-electron chi connectivity index (χ3n) is 4.42. The van der Waals surface area contributed by atoms with Crippen LogP contribution >= 0.6 is 0 Å². The number of hydrogen-bond acceptors (Lipinski definition) is 5. The Morgan fingerprint density at radius 2 is 1.42 bits per heavy atom. The molecule has 0 radical (unpaired) electrons. The van der Waals surface area contributed by atoms with Gasteiger partial charge in [-0.05, 0) is 81.4 Å². The van der Waals surface area contributed by atoms with Crippen LogP contribution in [0, 0.1) is 6.92 Å². The molecule has 3 rings (SSSR count). The van der Waals surface area contributed by atoms with Crippen molar-refractivity contribution in [2.75, 3.05) is 11.9 Å². The minimum Gasteiger partial charge on any atom is -0.494 e. The zero-order chi connectivity index (χ0) is 22.2. The SMILES string of the molecule is CCOc1ccc(OC(C)C(=O)Oc2ccc(C(=O)Nc3ccc(C)cc3)cc2)cc1. The summed E-state index contributed by atoms with van der Waals surface area (Å²) >= 11 is 0. The van der Waals surface area contributed by atoms with E-state index in [0.29, 0.717) is 29.4 Å². The van der Waals surface area contributed by atoms with E-state index in [9.17, 15) is 9.59 Å². The van der Waals surface area contributed by atoms with Crippen molar-refractivity contribution < 1.29 is 23.8 Å². The van der Waals surface area contributed by atoms with E-state index in [2.05, 4.69) is 5.32 Å². The number of nitrogens with one attached hydrogen (secondary N) is 1. The highest BCUT2D eigenvalue weighted by Crippen LogP contribution is 2.20. The summed E-state index contributed by atoms with van der Waals surface area (Å²) in [5, 5.41) is 2.83. The maximum absolute atomic E-state index is 12.4. The van der Waals surface area contributed by atoms with Gasteiger partial charge in [0.1, 0.15) is 17.2 Å². The monoisotopic (exact) mass is 419 g/mol. The van der Waals surface area contributed by atoms with Crippen molar-refractivity contribution in [1.82, 2.24) is 0 Å². The van der Waals surface area contributed by atoms with Crippen molar-refractivity contribution in [2.24, 2.45) is 0 Å². The van der Waals surface area contributed by atoms with Crippen molar-refractivity contribution in [2.45, 2.75) is 26.9 Å². The van der Waals surface area contributed by atoms with Crippen LogP contribution in [-0.4, -0.2) is 24.6 Å². The number of rotatable bonds is 8. The van der Waals surface area contributed by atoms with Gasteiger partial charge in [-0.15, -0.1) is 0 Å². The Kier molecular flexibility index (Phi) is 7.27. The number of ether oxygens (including phenoxy) is 3. The zero-order valence-electron chi connectivity index (χ0n) is 17.8. The van der Waals surface area contributed by atoms with Crippen molar-refractivity contribution in [3.05, 3.63) is 83.9 Å².